The zero-order valence-electron chi connectivity index (χ0n) is 15.5. The van der Waals surface area contributed by atoms with E-state index in [0.717, 1.165) is 41.6 Å². The summed E-state index contributed by atoms with van der Waals surface area (Å²) < 4.78 is 5.53. The average Bonchev–Trinajstić information content (AvgIpc) is 3.35. The highest BCUT2D eigenvalue weighted by Crippen LogP contribution is 2.26. The zero-order valence-corrected chi connectivity index (χ0v) is 15.5. The molecule has 0 radical (unpaired) electrons. The van der Waals surface area contributed by atoms with Gasteiger partial charge >= 0.3 is 7.12 Å². The molecule has 1 aliphatic rings. The Hall–Kier alpha value is -2.77. The Balaban J connectivity index is 1.49. The van der Waals surface area contributed by atoms with Crippen LogP contribution in [0, 0.1) is 0 Å². The SMILES string of the molecule is O=C(NC(Cc1coc2ccccc12)B(O)O)C1CCCN1c1ccccc1. The van der Waals surface area contributed by atoms with Gasteiger partial charge in [-0.3, -0.25) is 4.79 Å². The lowest BCUT2D eigenvalue weighted by molar-refractivity contribution is -0.122. The monoisotopic (exact) mass is 378 g/mol. The summed E-state index contributed by atoms with van der Waals surface area (Å²) in [6.07, 6.45) is 3.55. The summed E-state index contributed by atoms with van der Waals surface area (Å²) in [4.78, 5) is 15.0. The zero-order chi connectivity index (χ0) is 19.5. The molecule has 7 heteroatoms. The van der Waals surface area contributed by atoms with Crippen molar-refractivity contribution in [2.45, 2.75) is 31.2 Å². The first-order chi connectivity index (χ1) is 13.6. The molecule has 2 atom stereocenters. The first-order valence-corrected chi connectivity index (χ1v) is 9.57. The molecular weight excluding hydrogens is 355 g/mol. The van der Waals surface area contributed by atoms with E-state index in [1.54, 1.807) is 6.26 Å². The molecule has 2 heterocycles. The van der Waals surface area contributed by atoms with E-state index in [2.05, 4.69) is 10.2 Å². The van der Waals surface area contributed by atoms with Crippen LogP contribution in [0.1, 0.15) is 18.4 Å². The lowest BCUT2D eigenvalue weighted by Crippen LogP contribution is -2.53. The molecule has 0 saturated carbocycles. The van der Waals surface area contributed by atoms with Gasteiger partial charge in [0.2, 0.25) is 5.91 Å². The molecule has 28 heavy (non-hydrogen) atoms. The average molecular weight is 378 g/mol. The maximum Gasteiger partial charge on any atom is 0.475 e. The van der Waals surface area contributed by atoms with Crippen molar-refractivity contribution < 1.29 is 19.3 Å². The molecule has 0 aliphatic carbocycles. The molecule has 144 valence electrons. The topological polar surface area (TPSA) is 85.9 Å². The van der Waals surface area contributed by atoms with Gasteiger partial charge in [-0.25, -0.2) is 0 Å². The minimum atomic E-state index is -1.66. The molecule has 0 spiro atoms. The van der Waals surface area contributed by atoms with Gasteiger partial charge in [-0.15, -0.1) is 0 Å². The van der Waals surface area contributed by atoms with E-state index >= 15 is 0 Å². The second kappa shape index (κ2) is 8.08. The van der Waals surface area contributed by atoms with Gasteiger partial charge in [-0.2, -0.15) is 0 Å². The van der Waals surface area contributed by atoms with Crippen LogP contribution in [0.5, 0.6) is 0 Å². The number of anilines is 1. The Labute approximate surface area is 163 Å². The van der Waals surface area contributed by atoms with Gasteiger partial charge in [-0.1, -0.05) is 36.4 Å². The molecule has 1 fully saturated rings. The predicted octanol–water partition coefficient (Wildman–Crippen LogP) is 2.14. The fraction of sp³-hybridized carbons (Fsp3) is 0.286. The van der Waals surface area contributed by atoms with Crippen LogP contribution < -0.4 is 10.2 Å². The van der Waals surface area contributed by atoms with Crippen LogP contribution in [0.25, 0.3) is 11.0 Å². The highest BCUT2D eigenvalue weighted by Gasteiger charge is 2.34. The largest absolute Gasteiger partial charge is 0.475 e. The van der Waals surface area contributed by atoms with Gasteiger partial charge in [0, 0.05) is 17.6 Å². The Morgan fingerprint density at radius 3 is 2.71 bits per heavy atom. The van der Waals surface area contributed by atoms with Crippen molar-refractivity contribution in [2.24, 2.45) is 0 Å². The van der Waals surface area contributed by atoms with Crippen molar-refractivity contribution in [3.8, 4) is 0 Å². The highest BCUT2D eigenvalue weighted by molar-refractivity contribution is 6.43. The Morgan fingerprint density at radius 1 is 1.18 bits per heavy atom. The van der Waals surface area contributed by atoms with Crippen molar-refractivity contribution in [3.63, 3.8) is 0 Å². The van der Waals surface area contributed by atoms with Crippen molar-refractivity contribution in [3.05, 3.63) is 66.4 Å². The molecule has 0 bridgehead atoms. The maximum absolute atomic E-state index is 12.9. The van der Waals surface area contributed by atoms with Crippen molar-refractivity contribution in [1.82, 2.24) is 5.32 Å². The number of hydrogen-bond donors (Lipinski definition) is 3. The van der Waals surface area contributed by atoms with Gasteiger partial charge in [0.25, 0.3) is 0 Å². The van der Waals surface area contributed by atoms with Gasteiger partial charge in [0.15, 0.2) is 0 Å². The normalized spacial score (nSPS) is 17.6. The second-order valence-corrected chi connectivity index (χ2v) is 7.18. The van der Waals surface area contributed by atoms with Crippen molar-refractivity contribution in [1.29, 1.82) is 0 Å². The molecule has 1 saturated heterocycles. The molecule has 2 aromatic carbocycles. The summed E-state index contributed by atoms with van der Waals surface area (Å²) >= 11 is 0. The van der Waals surface area contributed by atoms with Gasteiger partial charge in [0.05, 0.1) is 12.2 Å². The van der Waals surface area contributed by atoms with E-state index in [9.17, 15) is 14.8 Å². The first kappa shape index (κ1) is 18.6. The molecule has 6 nitrogen and oxygen atoms in total. The van der Waals surface area contributed by atoms with Crippen molar-refractivity contribution >= 4 is 29.7 Å². The van der Waals surface area contributed by atoms with Crippen LogP contribution in [-0.2, 0) is 11.2 Å². The second-order valence-electron chi connectivity index (χ2n) is 7.18. The van der Waals surface area contributed by atoms with Crippen LogP contribution in [0.15, 0.2) is 65.3 Å². The van der Waals surface area contributed by atoms with E-state index in [4.69, 9.17) is 4.42 Å². The molecule has 3 aromatic rings. The Kier molecular flexibility index (Phi) is 5.37. The lowest BCUT2D eigenvalue weighted by Gasteiger charge is -2.28. The predicted molar refractivity (Wildman–Crippen MR) is 109 cm³/mol. The number of rotatable bonds is 6. The standard InChI is InChI=1S/C21H23BN2O4/c25-21(18-10-6-12-24(18)16-7-2-1-3-8-16)23-20(22(26)27)13-15-14-28-19-11-5-4-9-17(15)19/h1-5,7-9,11,14,18,20,26-27H,6,10,12-13H2,(H,23,25). The first-order valence-electron chi connectivity index (χ1n) is 9.57. The Bertz CT molecular complexity index is 944. The molecule has 1 aromatic heterocycles. The number of hydrogen-bond acceptors (Lipinski definition) is 5. The summed E-state index contributed by atoms with van der Waals surface area (Å²) in [5, 5.41) is 23.5. The van der Waals surface area contributed by atoms with E-state index in [-0.39, 0.29) is 18.4 Å². The van der Waals surface area contributed by atoms with Gasteiger partial charge < -0.3 is 24.7 Å². The summed E-state index contributed by atoms with van der Waals surface area (Å²) in [5.41, 5.74) is 2.57. The molecule has 1 amide bonds. The summed E-state index contributed by atoms with van der Waals surface area (Å²) in [6, 6.07) is 17.1. The van der Waals surface area contributed by atoms with Crippen molar-refractivity contribution in [2.75, 3.05) is 11.4 Å². The number of fused-ring (bicyclic) bond motifs is 1. The fourth-order valence-corrected chi connectivity index (χ4v) is 3.91. The number of nitrogens with zero attached hydrogens (tertiary/aromatic N) is 1. The third-order valence-electron chi connectivity index (χ3n) is 5.33. The van der Waals surface area contributed by atoms with Crippen LogP contribution in [0.2, 0.25) is 0 Å². The van der Waals surface area contributed by atoms with Gasteiger partial charge in [0.1, 0.15) is 11.6 Å². The fourth-order valence-electron chi connectivity index (χ4n) is 3.91. The van der Waals surface area contributed by atoms with Crippen LogP contribution >= 0.6 is 0 Å². The summed E-state index contributed by atoms with van der Waals surface area (Å²) in [7, 11) is -1.66. The summed E-state index contributed by atoms with van der Waals surface area (Å²) in [6.45, 7) is 0.806. The highest BCUT2D eigenvalue weighted by atomic mass is 16.4. The van der Waals surface area contributed by atoms with E-state index in [1.165, 1.54) is 0 Å². The molecule has 3 N–H and O–H groups in total. The van der Waals surface area contributed by atoms with E-state index in [0.29, 0.717) is 0 Å². The number of benzene rings is 2. The number of carbonyl (C=O) groups excluding carboxylic acids is 1. The third-order valence-corrected chi connectivity index (χ3v) is 5.33. The summed E-state index contributed by atoms with van der Waals surface area (Å²) in [5.74, 6) is -1.00. The molecule has 1 aliphatic heterocycles. The van der Waals surface area contributed by atoms with Gasteiger partial charge in [-0.05, 0) is 43.0 Å². The van der Waals surface area contributed by atoms with Crippen LogP contribution in [-0.4, -0.2) is 41.6 Å². The minimum Gasteiger partial charge on any atom is -0.464 e. The molecule has 4 rings (SSSR count). The maximum atomic E-state index is 12.9. The quantitative estimate of drug-likeness (QED) is 0.573. The third kappa shape index (κ3) is 3.77. The van der Waals surface area contributed by atoms with E-state index < -0.39 is 13.1 Å². The van der Waals surface area contributed by atoms with Crippen LogP contribution in [0.4, 0.5) is 5.69 Å². The number of amides is 1. The molecule has 2 unspecified atom stereocenters. The van der Waals surface area contributed by atoms with E-state index in [1.807, 2.05) is 54.6 Å². The number of para-hydroxylation sites is 2. The number of nitrogens with one attached hydrogen (secondary N) is 1. The minimum absolute atomic E-state index is 0.188. The number of furan rings is 1. The Morgan fingerprint density at radius 2 is 1.93 bits per heavy atom. The molecular formula is C21H23BN2O4. The smallest absolute Gasteiger partial charge is 0.464 e. The number of carbonyl (C=O) groups is 1. The van der Waals surface area contributed by atoms with Crippen LogP contribution in [0.3, 0.4) is 0 Å². The lowest BCUT2D eigenvalue weighted by atomic mass is 9.75.